The third kappa shape index (κ3) is 1.88. The van der Waals surface area contributed by atoms with E-state index in [1.807, 2.05) is 60.0 Å². The zero-order valence-electron chi connectivity index (χ0n) is 12.5. The topological polar surface area (TPSA) is 25.2 Å². The summed E-state index contributed by atoms with van der Waals surface area (Å²) in [6.07, 6.45) is 0. The molecule has 3 nitrogen and oxygen atoms in total. The summed E-state index contributed by atoms with van der Waals surface area (Å²) in [6.45, 7) is 0.583. The highest BCUT2D eigenvalue weighted by atomic mass is 32.1. The maximum Gasteiger partial charge on any atom is 0.261 e. The Bertz CT molecular complexity index is 1060. The lowest BCUT2D eigenvalue weighted by Crippen LogP contribution is -2.27. The molecule has 0 aliphatic rings. The van der Waals surface area contributed by atoms with Crippen molar-refractivity contribution in [1.29, 1.82) is 0 Å². The molecule has 0 spiro atoms. The van der Waals surface area contributed by atoms with E-state index in [0.717, 1.165) is 26.4 Å². The zero-order chi connectivity index (χ0) is 15.3. The molecular weight excluding hydrogens is 292 g/mol. The lowest BCUT2D eigenvalue weighted by molar-refractivity contribution is 0.328. The minimum atomic E-state index is 0.0971. The Kier molecular flexibility index (Phi) is 3.03. The van der Waals surface area contributed by atoms with Crippen molar-refractivity contribution in [3.8, 4) is 0 Å². The molecule has 0 amide bonds. The summed E-state index contributed by atoms with van der Waals surface area (Å²) >= 11 is 1.71. The van der Waals surface area contributed by atoms with Crippen LogP contribution in [0.4, 0.5) is 0 Å². The van der Waals surface area contributed by atoms with Gasteiger partial charge in [-0.2, -0.15) is 0 Å². The molecule has 4 rings (SSSR count). The van der Waals surface area contributed by atoms with Crippen LogP contribution in [0.5, 0.6) is 0 Å². The first-order chi connectivity index (χ1) is 10.7. The highest BCUT2D eigenvalue weighted by Crippen LogP contribution is 2.35. The van der Waals surface area contributed by atoms with Crippen molar-refractivity contribution < 1.29 is 0 Å². The van der Waals surface area contributed by atoms with Crippen LogP contribution in [0.25, 0.3) is 31.1 Å². The molecule has 2 aromatic carbocycles. The number of thiophene rings is 1. The molecule has 0 saturated heterocycles. The lowest BCUT2D eigenvalue weighted by Gasteiger charge is -2.15. The fraction of sp³-hybridized carbons (Fsp3) is 0.167. The first kappa shape index (κ1) is 13.5. The van der Waals surface area contributed by atoms with Gasteiger partial charge in [0.25, 0.3) is 5.56 Å². The van der Waals surface area contributed by atoms with Crippen LogP contribution in [0.2, 0.25) is 0 Å². The molecule has 0 saturated carbocycles. The molecule has 2 aromatic heterocycles. The van der Waals surface area contributed by atoms with Crippen LogP contribution in [0.3, 0.4) is 0 Å². The van der Waals surface area contributed by atoms with Crippen LogP contribution in [0.1, 0.15) is 0 Å². The number of fused-ring (bicyclic) bond motifs is 5. The van der Waals surface area contributed by atoms with Crippen molar-refractivity contribution in [2.45, 2.75) is 6.67 Å². The smallest absolute Gasteiger partial charge is 0.261 e. The maximum absolute atomic E-state index is 13.1. The number of nitrogens with zero attached hydrogens (tertiary/aromatic N) is 2. The summed E-state index contributed by atoms with van der Waals surface area (Å²) in [4.78, 5) is 15.1. The van der Waals surface area contributed by atoms with Crippen molar-refractivity contribution in [3.63, 3.8) is 0 Å². The molecule has 4 heteroatoms. The molecule has 110 valence electrons. The SMILES string of the molecule is CN(C)Cn1c(=O)c2c3ccccc3sc2c2ccccc21. The maximum atomic E-state index is 13.1. The number of aromatic nitrogens is 1. The van der Waals surface area contributed by atoms with E-state index in [1.165, 1.54) is 4.70 Å². The first-order valence-electron chi connectivity index (χ1n) is 7.24. The molecule has 0 unspecified atom stereocenters. The van der Waals surface area contributed by atoms with E-state index < -0.39 is 0 Å². The van der Waals surface area contributed by atoms with E-state index >= 15 is 0 Å². The van der Waals surface area contributed by atoms with Crippen LogP contribution in [0, 0.1) is 0 Å². The van der Waals surface area contributed by atoms with Gasteiger partial charge in [0.2, 0.25) is 0 Å². The Morgan fingerprint density at radius 1 is 1.00 bits per heavy atom. The van der Waals surface area contributed by atoms with E-state index in [-0.39, 0.29) is 5.56 Å². The van der Waals surface area contributed by atoms with Gasteiger partial charge < -0.3 is 0 Å². The van der Waals surface area contributed by atoms with Gasteiger partial charge in [-0.3, -0.25) is 14.3 Å². The Hall–Kier alpha value is -2.17. The van der Waals surface area contributed by atoms with E-state index in [9.17, 15) is 4.79 Å². The minimum absolute atomic E-state index is 0.0971. The molecule has 4 aromatic rings. The van der Waals surface area contributed by atoms with Gasteiger partial charge in [-0.15, -0.1) is 11.3 Å². The lowest BCUT2D eigenvalue weighted by atomic mass is 10.1. The number of para-hydroxylation sites is 1. The largest absolute Gasteiger partial charge is 0.294 e. The van der Waals surface area contributed by atoms with Gasteiger partial charge in [0.1, 0.15) is 0 Å². The Morgan fingerprint density at radius 3 is 2.45 bits per heavy atom. The Labute approximate surface area is 132 Å². The van der Waals surface area contributed by atoms with Gasteiger partial charge in [-0.1, -0.05) is 36.4 Å². The van der Waals surface area contributed by atoms with E-state index in [2.05, 4.69) is 12.1 Å². The molecule has 0 N–H and O–H groups in total. The summed E-state index contributed by atoms with van der Waals surface area (Å²) in [7, 11) is 3.97. The van der Waals surface area contributed by atoms with Gasteiger partial charge in [0.15, 0.2) is 0 Å². The molecule has 0 aliphatic carbocycles. The molecule has 0 radical (unpaired) electrons. The van der Waals surface area contributed by atoms with Gasteiger partial charge in [-0.25, -0.2) is 0 Å². The number of rotatable bonds is 2. The number of hydrogen-bond donors (Lipinski definition) is 0. The minimum Gasteiger partial charge on any atom is -0.294 e. The monoisotopic (exact) mass is 308 g/mol. The summed E-state index contributed by atoms with van der Waals surface area (Å²) < 4.78 is 4.13. The van der Waals surface area contributed by atoms with E-state index in [4.69, 9.17) is 0 Å². The average Bonchev–Trinajstić information content (AvgIpc) is 2.91. The number of pyridine rings is 1. The van der Waals surface area contributed by atoms with Gasteiger partial charge >= 0.3 is 0 Å². The van der Waals surface area contributed by atoms with Crippen LogP contribution in [0.15, 0.2) is 53.3 Å². The van der Waals surface area contributed by atoms with Gasteiger partial charge in [0, 0.05) is 15.5 Å². The van der Waals surface area contributed by atoms with Gasteiger partial charge in [0.05, 0.1) is 22.3 Å². The molecule has 22 heavy (non-hydrogen) atoms. The standard InChI is InChI=1S/C18H16N2OS/c1-19(2)11-20-14-9-5-3-7-12(14)17-16(18(20)21)13-8-4-6-10-15(13)22-17/h3-10H,11H2,1-2H3. The molecule has 0 fully saturated rings. The Balaban J connectivity index is 2.28. The summed E-state index contributed by atoms with van der Waals surface area (Å²) in [5, 5.41) is 3.06. The number of benzene rings is 2. The first-order valence-corrected chi connectivity index (χ1v) is 8.06. The predicted octanol–water partition coefficient (Wildman–Crippen LogP) is 3.89. The highest BCUT2D eigenvalue weighted by Gasteiger charge is 2.15. The fourth-order valence-corrected chi connectivity index (χ4v) is 4.24. The number of hydrogen-bond acceptors (Lipinski definition) is 3. The predicted molar refractivity (Wildman–Crippen MR) is 94.8 cm³/mol. The zero-order valence-corrected chi connectivity index (χ0v) is 13.4. The molecule has 0 bridgehead atoms. The van der Waals surface area contributed by atoms with Crippen LogP contribution >= 0.6 is 11.3 Å². The van der Waals surface area contributed by atoms with Crippen molar-refractivity contribution >= 4 is 42.4 Å². The fourth-order valence-electron chi connectivity index (χ4n) is 3.02. The highest BCUT2D eigenvalue weighted by molar-refractivity contribution is 7.26. The Morgan fingerprint density at radius 2 is 1.68 bits per heavy atom. The molecule has 2 heterocycles. The molecule has 0 aliphatic heterocycles. The second-order valence-electron chi connectivity index (χ2n) is 5.77. The summed E-state index contributed by atoms with van der Waals surface area (Å²) in [5.41, 5.74) is 1.10. The van der Waals surface area contributed by atoms with Crippen LogP contribution < -0.4 is 5.56 Å². The van der Waals surface area contributed by atoms with Crippen LogP contribution in [-0.4, -0.2) is 23.6 Å². The normalized spacial score (nSPS) is 12.0. The van der Waals surface area contributed by atoms with Crippen LogP contribution in [-0.2, 0) is 6.67 Å². The molecule has 0 atom stereocenters. The van der Waals surface area contributed by atoms with E-state index in [0.29, 0.717) is 6.67 Å². The second kappa shape index (κ2) is 4.93. The quantitative estimate of drug-likeness (QED) is 0.561. The van der Waals surface area contributed by atoms with Crippen molar-refractivity contribution in [1.82, 2.24) is 9.47 Å². The second-order valence-corrected chi connectivity index (χ2v) is 6.83. The molecular formula is C18H16N2OS. The summed E-state index contributed by atoms with van der Waals surface area (Å²) in [6, 6.07) is 16.3. The summed E-state index contributed by atoms with van der Waals surface area (Å²) in [5.74, 6) is 0. The van der Waals surface area contributed by atoms with E-state index in [1.54, 1.807) is 11.3 Å². The average molecular weight is 308 g/mol. The van der Waals surface area contributed by atoms with Gasteiger partial charge in [-0.05, 0) is 26.2 Å². The van der Waals surface area contributed by atoms with Crippen molar-refractivity contribution in [2.75, 3.05) is 14.1 Å². The van der Waals surface area contributed by atoms with Crippen molar-refractivity contribution in [3.05, 3.63) is 58.9 Å². The van der Waals surface area contributed by atoms with Crippen molar-refractivity contribution in [2.24, 2.45) is 0 Å². The third-order valence-electron chi connectivity index (χ3n) is 3.92. The third-order valence-corrected chi connectivity index (χ3v) is 5.12.